The van der Waals surface area contributed by atoms with E-state index in [1.54, 1.807) is 0 Å². The van der Waals surface area contributed by atoms with Crippen LogP contribution < -0.4 is 4.74 Å². The fourth-order valence-corrected chi connectivity index (χ4v) is 2.23. The van der Waals surface area contributed by atoms with Crippen LogP contribution in [0, 0.1) is 5.92 Å². The second-order valence-electron chi connectivity index (χ2n) is 6.03. The predicted molar refractivity (Wildman–Crippen MR) is 82.9 cm³/mol. The van der Waals surface area contributed by atoms with Crippen molar-refractivity contribution in [1.82, 2.24) is 0 Å². The number of hydrogen-bond acceptors (Lipinski definition) is 2. The Kier molecular flexibility index (Phi) is 6.07. The highest BCUT2D eigenvalue weighted by Crippen LogP contribution is 2.24. The maximum atomic E-state index is 5.77. The first-order chi connectivity index (χ1) is 8.43. The zero-order valence-corrected chi connectivity index (χ0v) is 13.0. The van der Waals surface area contributed by atoms with Gasteiger partial charge in [0, 0.05) is 0 Å². The van der Waals surface area contributed by atoms with Crippen molar-refractivity contribution < 1.29 is 4.74 Å². The molecule has 0 heterocycles. The summed E-state index contributed by atoms with van der Waals surface area (Å²) in [6.07, 6.45) is 2.26. The van der Waals surface area contributed by atoms with E-state index in [1.807, 2.05) is 0 Å². The SMILES string of the molecule is CC(CCS)CCOc1ccc(C(C)(C)C)cc1. The van der Waals surface area contributed by atoms with Crippen molar-refractivity contribution in [1.29, 1.82) is 0 Å². The summed E-state index contributed by atoms with van der Waals surface area (Å²) < 4.78 is 5.77. The zero-order valence-electron chi connectivity index (χ0n) is 12.1. The van der Waals surface area contributed by atoms with Crippen LogP contribution in [0.15, 0.2) is 24.3 Å². The third-order valence-electron chi connectivity index (χ3n) is 3.22. The van der Waals surface area contributed by atoms with Gasteiger partial charge in [-0.3, -0.25) is 0 Å². The molecule has 0 bridgehead atoms. The van der Waals surface area contributed by atoms with E-state index in [2.05, 4.69) is 64.6 Å². The molecule has 1 rings (SSSR count). The van der Waals surface area contributed by atoms with Crippen LogP contribution >= 0.6 is 12.6 Å². The number of thiol groups is 1. The van der Waals surface area contributed by atoms with Crippen LogP contribution in [0.4, 0.5) is 0 Å². The molecule has 0 amide bonds. The Morgan fingerprint density at radius 2 is 1.72 bits per heavy atom. The van der Waals surface area contributed by atoms with E-state index in [9.17, 15) is 0 Å². The molecule has 0 aliphatic heterocycles. The van der Waals surface area contributed by atoms with Crippen molar-refractivity contribution in [2.75, 3.05) is 12.4 Å². The van der Waals surface area contributed by atoms with E-state index >= 15 is 0 Å². The van der Waals surface area contributed by atoms with Gasteiger partial charge in [-0.2, -0.15) is 12.6 Å². The topological polar surface area (TPSA) is 9.23 Å². The third kappa shape index (κ3) is 5.34. The number of rotatable bonds is 6. The lowest BCUT2D eigenvalue weighted by Gasteiger charge is -2.19. The lowest BCUT2D eigenvalue weighted by Crippen LogP contribution is -2.10. The fourth-order valence-electron chi connectivity index (χ4n) is 1.79. The van der Waals surface area contributed by atoms with Gasteiger partial charge in [0.25, 0.3) is 0 Å². The van der Waals surface area contributed by atoms with E-state index in [-0.39, 0.29) is 5.41 Å². The molecule has 0 N–H and O–H groups in total. The summed E-state index contributed by atoms with van der Waals surface area (Å²) in [5, 5.41) is 0. The molecule has 0 aromatic heterocycles. The van der Waals surface area contributed by atoms with Gasteiger partial charge in [0.15, 0.2) is 0 Å². The Labute approximate surface area is 117 Å². The maximum absolute atomic E-state index is 5.77. The lowest BCUT2D eigenvalue weighted by atomic mass is 9.87. The highest BCUT2D eigenvalue weighted by Gasteiger charge is 2.12. The summed E-state index contributed by atoms with van der Waals surface area (Å²) in [5.41, 5.74) is 1.55. The molecule has 0 aliphatic carbocycles. The van der Waals surface area contributed by atoms with Crippen molar-refractivity contribution in [3.63, 3.8) is 0 Å². The van der Waals surface area contributed by atoms with Crippen LogP contribution in [0.25, 0.3) is 0 Å². The van der Waals surface area contributed by atoms with Gasteiger partial charge in [-0.05, 0) is 47.6 Å². The molecule has 0 fully saturated rings. The summed E-state index contributed by atoms with van der Waals surface area (Å²) in [6, 6.07) is 8.46. The molecule has 0 aliphatic rings. The molecule has 2 heteroatoms. The first-order valence-corrected chi connectivity index (χ1v) is 7.41. The average molecular weight is 266 g/mol. The molecule has 1 aromatic rings. The molecule has 1 nitrogen and oxygen atoms in total. The zero-order chi connectivity index (χ0) is 13.6. The minimum atomic E-state index is 0.208. The van der Waals surface area contributed by atoms with E-state index in [4.69, 9.17) is 4.74 Å². The molecule has 0 saturated carbocycles. The van der Waals surface area contributed by atoms with Crippen molar-refractivity contribution >= 4 is 12.6 Å². The third-order valence-corrected chi connectivity index (χ3v) is 3.48. The summed E-state index contributed by atoms with van der Waals surface area (Å²) >= 11 is 4.25. The molecule has 0 radical (unpaired) electrons. The van der Waals surface area contributed by atoms with Crippen LogP contribution in [0.3, 0.4) is 0 Å². The summed E-state index contributed by atoms with van der Waals surface area (Å²) in [7, 11) is 0. The van der Waals surface area contributed by atoms with Gasteiger partial charge in [0.1, 0.15) is 5.75 Å². The Hall–Kier alpha value is -0.630. The highest BCUT2D eigenvalue weighted by atomic mass is 32.1. The first kappa shape index (κ1) is 15.4. The lowest BCUT2D eigenvalue weighted by molar-refractivity contribution is 0.282. The van der Waals surface area contributed by atoms with Crippen LogP contribution in [0.5, 0.6) is 5.75 Å². The standard InChI is InChI=1S/C16H26OS/c1-13(10-12-18)9-11-17-15-7-5-14(6-8-15)16(2,3)4/h5-8,13,18H,9-12H2,1-4H3. The first-order valence-electron chi connectivity index (χ1n) is 6.77. The van der Waals surface area contributed by atoms with Crippen molar-refractivity contribution in [2.45, 2.75) is 46.0 Å². The Morgan fingerprint density at radius 1 is 1.11 bits per heavy atom. The monoisotopic (exact) mass is 266 g/mol. The Balaban J connectivity index is 2.40. The molecule has 102 valence electrons. The molecular formula is C16H26OS. The van der Waals surface area contributed by atoms with Gasteiger partial charge in [-0.1, -0.05) is 39.8 Å². The molecule has 18 heavy (non-hydrogen) atoms. The van der Waals surface area contributed by atoms with Gasteiger partial charge in [0.2, 0.25) is 0 Å². The average Bonchev–Trinajstić information content (AvgIpc) is 2.29. The van der Waals surface area contributed by atoms with Crippen LogP contribution in [0.2, 0.25) is 0 Å². The predicted octanol–water partition coefficient (Wildman–Crippen LogP) is 4.71. The van der Waals surface area contributed by atoms with Gasteiger partial charge < -0.3 is 4.74 Å². The fraction of sp³-hybridized carbons (Fsp3) is 0.625. The summed E-state index contributed by atoms with van der Waals surface area (Å²) in [4.78, 5) is 0. The van der Waals surface area contributed by atoms with Crippen LogP contribution in [-0.2, 0) is 5.41 Å². The quantitative estimate of drug-likeness (QED) is 0.734. The molecule has 1 unspecified atom stereocenters. The van der Waals surface area contributed by atoms with E-state index in [0.717, 1.165) is 31.0 Å². The van der Waals surface area contributed by atoms with E-state index in [1.165, 1.54) is 5.56 Å². The Bertz CT molecular complexity index is 337. The summed E-state index contributed by atoms with van der Waals surface area (Å²) in [6.45, 7) is 9.72. The maximum Gasteiger partial charge on any atom is 0.119 e. The van der Waals surface area contributed by atoms with Gasteiger partial charge in [-0.25, -0.2) is 0 Å². The van der Waals surface area contributed by atoms with Gasteiger partial charge >= 0.3 is 0 Å². The highest BCUT2D eigenvalue weighted by molar-refractivity contribution is 7.80. The van der Waals surface area contributed by atoms with Crippen molar-refractivity contribution in [2.24, 2.45) is 5.92 Å². The van der Waals surface area contributed by atoms with E-state index in [0.29, 0.717) is 5.92 Å². The number of benzene rings is 1. The van der Waals surface area contributed by atoms with Crippen LogP contribution in [-0.4, -0.2) is 12.4 Å². The van der Waals surface area contributed by atoms with Crippen molar-refractivity contribution in [3.8, 4) is 5.75 Å². The van der Waals surface area contributed by atoms with Gasteiger partial charge in [0.05, 0.1) is 6.61 Å². The minimum Gasteiger partial charge on any atom is -0.494 e. The molecular weight excluding hydrogens is 240 g/mol. The van der Waals surface area contributed by atoms with Crippen LogP contribution in [0.1, 0.15) is 46.1 Å². The molecule has 1 atom stereocenters. The smallest absolute Gasteiger partial charge is 0.119 e. The largest absolute Gasteiger partial charge is 0.494 e. The Morgan fingerprint density at radius 3 is 2.22 bits per heavy atom. The second-order valence-corrected chi connectivity index (χ2v) is 6.48. The number of hydrogen-bond donors (Lipinski definition) is 1. The number of ether oxygens (including phenoxy) is 1. The molecule has 0 saturated heterocycles. The van der Waals surface area contributed by atoms with Crippen molar-refractivity contribution in [3.05, 3.63) is 29.8 Å². The van der Waals surface area contributed by atoms with E-state index < -0.39 is 0 Å². The minimum absolute atomic E-state index is 0.208. The second kappa shape index (κ2) is 7.08. The van der Waals surface area contributed by atoms with Gasteiger partial charge in [-0.15, -0.1) is 0 Å². The summed E-state index contributed by atoms with van der Waals surface area (Å²) in [5.74, 6) is 2.62. The molecule has 1 aromatic carbocycles. The molecule has 0 spiro atoms. The normalized spacial score (nSPS) is 13.4.